The van der Waals surface area contributed by atoms with E-state index in [1.165, 1.54) is 5.56 Å². The first-order chi connectivity index (χ1) is 9.76. The summed E-state index contributed by atoms with van der Waals surface area (Å²) in [6.45, 7) is 0.436. The van der Waals surface area contributed by atoms with Gasteiger partial charge in [-0.15, -0.1) is 0 Å². The van der Waals surface area contributed by atoms with Gasteiger partial charge in [0.05, 0.1) is 5.56 Å². The monoisotopic (exact) mass is 329 g/mol. The predicted octanol–water partition coefficient (Wildman–Crippen LogP) is 3.70. The first kappa shape index (κ1) is 13.0. The summed E-state index contributed by atoms with van der Waals surface area (Å²) >= 11 is 3.34. The maximum absolute atomic E-state index is 9.09. The molecule has 0 saturated carbocycles. The molecule has 0 aliphatic carbocycles. The Balaban J connectivity index is 1.66. The number of benzene rings is 2. The van der Waals surface area contributed by atoms with Crippen molar-refractivity contribution in [3.63, 3.8) is 0 Å². The summed E-state index contributed by atoms with van der Waals surface area (Å²) in [6, 6.07) is 15.5. The molecular formula is C16H12BrNO2. The topological polar surface area (TPSA) is 42.2 Å². The van der Waals surface area contributed by atoms with Gasteiger partial charge in [-0.05, 0) is 29.8 Å². The Hall–Kier alpha value is -1.99. The normalized spacial score (nSPS) is 16.1. The number of ether oxygens (including phenoxy) is 2. The highest BCUT2D eigenvalue weighted by molar-refractivity contribution is 9.10. The molecule has 0 bridgehead atoms. The molecule has 1 atom stereocenters. The molecule has 0 saturated heterocycles. The molecule has 1 aliphatic heterocycles. The van der Waals surface area contributed by atoms with Crippen molar-refractivity contribution in [1.29, 1.82) is 5.26 Å². The molecular weight excluding hydrogens is 318 g/mol. The quantitative estimate of drug-likeness (QED) is 0.862. The van der Waals surface area contributed by atoms with Gasteiger partial charge in [0, 0.05) is 10.9 Å². The minimum Gasteiger partial charge on any atom is -0.488 e. The van der Waals surface area contributed by atoms with Gasteiger partial charge in [0.1, 0.15) is 30.3 Å². The summed E-state index contributed by atoms with van der Waals surface area (Å²) in [6.07, 6.45) is 0.844. The maximum atomic E-state index is 9.09. The lowest BCUT2D eigenvalue weighted by molar-refractivity contribution is 0.148. The van der Waals surface area contributed by atoms with E-state index >= 15 is 0 Å². The van der Waals surface area contributed by atoms with Crippen molar-refractivity contribution >= 4 is 15.9 Å². The van der Waals surface area contributed by atoms with Crippen molar-refractivity contribution in [2.24, 2.45) is 0 Å². The highest BCUT2D eigenvalue weighted by atomic mass is 79.9. The van der Waals surface area contributed by atoms with Crippen LogP contribution in [-0.4, -0.2) is 12.7 Å². The number of hydrogen-bond donors (Lipinski definition) is 0. The van der Waals surface area contributed by atoms with Gasteiger partial charge in [-0.25, -0.2) is 0 Å². The fourth-order valence-corrected chi connectivity index (χ4v) is 2.61. The second kappa shape index (κ2) is 5.56. The van der Waals surface area contributed by atoms with Crippen LogP contribution >= 0.6 is 15.9 Å². The molecule has 1 heterocycles. The van der Waals surface area contributed by atoms with E-state index in [1.807, 2.05) is 24.3 Å². The third kappa shape index (κ3) is 2.63. The number of para-hydroxylation sites is 1. The number of hydrogen-bond acceptors (Lipinski definition) is 3. The molecule has 20 heavy (non-hydrogen) atoms. The van der Waals surface area contributed by atoms with E-state index in [9.17, 15) is 0 Å². The number of nitrogens with zero attached hydrogens (tertiary/aromatic N) is 1. The van der Waals surface area contributed by atoms with E-state index in [2.05, 4.69) is 28.1 Å². The van der Waals surface area contributed by atoms with Crippen LogP contribution in [0, 0.1) is 11.3 Å². The summed E-state index contributed by atoms with van der Waals surface area (Å²) in [5.41, 5.74) is 1.73. The molecule has 0 fully saturated rings. The van der Waals surface area contributed by atoms with E-state index in [0.717, 1.165) is 16.6 Å². The Morgan fingerprint density at radius 1 is 1.30 bits per heavy atom. The van der Waals surface area contributed by atoms with Gasteiger partial charge in [0.25, 0.3) is 0 Å². The fourth-order valence-electron chi connectivity index (χ4n) is 2.25. The second-order valence-corrected chi connectivity index (χ2v) is 5.53. The Morgan fingerprint density at radius 3 is 2.95 bits per heavy atom. The average Bonchev–Trinajstić information content (AvgIpc) is 2.88. The van der Waals surface area contributed by atoms with Gasteiger partial charge < -0.3 is 9.47 Å². The fraction of sp³-hybridized carbons (Fsp3) is 0.188. The van der Waals surface area contributed by atoms with Crippen LogP contribution in [0.15, 0.2) is 46.9 Å². The van der Waals surface area contributed by atoms with Crippen LogP contribution in [-0.2, 0) is 6.42 Å². The van der Waals surface area contributed by atoms with Crippen molar-refractivity contribution in [3.8, 4) is 17.6 Å². The van der Waals surface area contributed by atoms with Crippen molar-refractivity contribution < 1.29 is 9.47 Å². The third-order valence-electron chi connectivity index (χ3n) is 3.20. The van der Waals surface area contributed by atoms with Crippen LogP contribution in [0.25, 0.3) is 0 Å². The molecule has 3 nitrogen and oxygen atoms in total. The number of nitriles is 1. The summed E-state index contributed by atoms with van der Waals surface area (Å²) < 4.78 is 12.4. The molecule has 3 rings (SSSR count). The number of fused-ring (bicyclic) bond motifs is 1. The summed E-state index contributed by atoms with van der Waals surface area (Å²) in [5, 5.41) is 9.09. The van der Waals surface area contributed by atoms with E-state index < -0.39 is 0 Å². The number of rotatable bonds is 3. The second-order valence-electron chi connectivity index (χ2n) is 4.61. The van der Waals surface area contributed by atoms with Gasteiger partial charge in [-0.2, -0.15) is 5.26 Å². The van der Waals surface area contributed by atoms with Gasteiger partial charge >= 0.3 is 0 Å². The van der Waals surface area contributed by atoms with Crippen LogP contribution in [0.4, 0.5) is 0 Å². The van der Waals surface area contributed by atoms with Crippen molar-refractivity contribution in [1.82, 2.24) is 0 Å². The Bertz CT molecular complexity index is 653. The van der Waals surface area contributed by atoms with Crippen LogP contribution < -0.4 is 9.47 Å². The first-order valence-electron chi connectivity index (χ1n) is 6.33. The lowest BCUT2D eigenvalue weighted by atomic mass is 10.1. The van der Waals surface area contributed by atoms with E-state index in [-0.39, 0.29) is 6.10 Å². The van der Waals surface area contributed by atoms with Crippen LogP contribution in [0.3, 0.4) is 0 Å². The van der Waals surface area contributed by atoms with Gasteiger partial charge in [-0.1, -0.05) is 34.1 Å². The molecule has 0 amide bonds. The molecule has 0 N–H and O–H groups in total. The van der Waals surface area contributed by atoms with Gasteiger partial charge in [-0.3, -0.25) is 0 Å². The summed E-state index contributed by atoms with van der Waals surface area (Å²) in [7, 11) is 0. The Morgan fingerprint density at radius 2 is 2.15 bits per heavy atom. The Kier molecular flexibility index (Phi) is 3.62. The van der Waals surface area contributed by atoms with Gasteiger partial charge in [0.2, 0.25) is 0 Å². The molecule has 0 spiro atoms. The lowest BCUT2D eigenvalue weighted by Gasteiger charge is -2.13. The molecule has 4 heteroatoms. The molecule has 0 aromatic heterocycles. The largest absolute Gasteiger partial charge is 0.488 e. The van der Waals surface area contributed by atoms with Crippen LogP contribution in [0.1, 0.15) is 11.1 Å². The summed E-state index contributed by atoms with van der Waals surface area (Å²) in [4.78, 5) is 0. The number of halogens is 1. The highest BCUT2D eigenvalue weighted by Crippen LogP contribution is 2.29. The highest BCUT2D eigenvalue weighted by Gasteiger charge is 2.23. The van der Waals surface area contributed by atoms with Gasteiger partial charge in [0.15, 0.2) is 0 Å². The maximum Gasteiger partial charge on any atom is 0.137 e. The smallest absolute Gasteiger partial charge is 0.137 e. The molecule has 100 valence electrons. The molecule has 1 aliphatic rings. The minimum atomic E-state index is 0.00240. The van der Waals surface area contributed by atoms with Crippen molar-refractivity contribution in [2.75, 3.05) is 6.61 Å². The Labute approximate surface area is 125 Å². The zero-order valence-corrected chi connectivity index (χ0v) is 12.3. The standard InChI is InChI=1S/C16H12BrNO2/c17-13-5-6-15(12(7-13)9-18)19-10-14-8-11-3-1-2-4-16(11)20-14/h1-7,14H,8,10H2. The minimum absolute atomic E-state index is 0.00240. The van der Waals surface area contributed by atoms with Crippen molar-refractivity contribution in [2.45, 2.75) is 12.5 Å². The van der Waals surface area contributed by atoms with E-state index in [4.69, 9.17) is 14.7 Å². The van der Waals surface area contributed by atoms with Crippen LogP contribution in [0.2, 0.25) is 0 Å². The molecule has 2 aromatic rings. The zero-order valence-electron chi connectivity index (χ0n) is 10.7. The molecule has 0 radical (unpaired) electrons. The van der Waals surface area contributed by atoms with Crippen LogP contribution in [0.5, 0.6) is 11.5 Å². The van der Waals surface area contributed by atoms with Crippen molar-refractivity contribution in [3.05, 3.63) is 58.1 Å². The zero-order chi connectivity index (χ0) is 13.9. The van der Waals surface area contributed by atoms with E-state index in [1.54, 1.807) is 12.1 Å². The first-order valence-corrected chi connectivity index (χ1v) is 7.12. The average molecular weight is 330 g/mol. The van der Waals surface area contributed by atoms with E-state index in [0.29, 0.717) is 17.9 Å². The summed E-state index contributed by atoms with van der Waals surface area (Å²) in [5.74, 6) is 1.52. The SMILES string of the molecule is N#Cc1cc(Br)ccc1OCC1Cc2ccccc2O1. The lowest BCUT2D eigenvalue weighted by Crippen LogP contribution is -2.22. The third-order valence-corrected chi connectivity index (χ3v) is 3.69. The predicted molar refractivity (Wildman–Crippen MR) is 78.9 cm³/mol. The molecule has 1 unspecified atom stereocenters. The molecule has 2 aromatic carbocycles.